The van der Waals surface area contributed by atoms with Crippen LogP contribution >= 0.6 is 0 Å². The van der Waals surface area contributed by atoms with Gasteiger partial charge in [-0.25, -0.2) is 9.59 Å². The van der Waals surface area contributed by atoms with Gasteiger partial charge in [-0.15, -0.1) is 0 Å². The molecule has 0 spiro atoms. The first-order valence-electron chi connectivity index (χ1n) is 7.58. The van der Waals surface area contributed by atoms with Crippen molar-refractivity contribution >= 4 is 17.8 Å². The Kier molecular flexibility index (Phi) is 7.23. The summed E-state index contributed by atoms with van der Waals surface area (Å²) in [5.74, 6) is -2.05. The molecular weight excluding hydrogens is 314 g/mol. The molecular formula is C17H23NO6. The van der Waals surface area contributed by atoms with E-state index in [1.165, 1.54) is 19.2 Å². The van der Waals surface area contributed by atoms with Gasteiger partial charge in [-0.2, -0.15) is 0 Å². The highest BCUT2D eigenvalue weighted by molar-refractivity contribution is 5.94. The lowest BCUT2D eigenvalue weighted by Gasteiger charge is -2.18. The number of phenolic OH excluding ortho intramolecular Hbond substituents is 1. The quantitative estimate of drug-likeness (QED) is 0.732. The van der Waals surface area contributed by atoms with Crippen LogP contribution in [0.25, 0.3) is 0 Å². The van der Waals surface area contributed by atoms with Crippen molar-refractivity contribution in [2.75, 3.05) is 13.7 Å². The normalized spacial score (nSPS) is 11.7. The molecule has 24 heavy (non-hydrogen) atoms. The molecule has 0 saturated heterocycles. The van der Waals surface area contributed by atoms with Gasteiger partial charge in [0.2, 0.25) is 0 Å². The van der Waals surface area contributed by atoms with Crippen LogP contribution in [0.4, 0.5) is 0 Å². The van der Waals surface area contributed by atoms with E-state index in [4.69, 9.17) is 4.74 Å². The first-order chi connectivity index (χ1) is 11.2. The summed E-state index contributed by atoms with van der Waals surface area (Å²) in [5, 5.41) is 12.1. The van der Waals surface area contributed by atoms with Crippen LogP contribution in [0.2, 0.25) is 0 Å². The SMILES string of the molecule is COC(=O)[C@H](CC(C)C)NC(=O)COC(=O)c1cc(C)ccc1O. The van der Waals surface area contributed by atoms with E-state index in [1.54, 1.807) is 13.0 Å². The standard InChI is InChI=1S/C17H23NO6/c1-10(2)7-13(17(22)23-4)18-15(20)9-24-16(21)12-8-11(3)5-6-14(12)19/h5-6,8,10,13,19H,7,9H2,1-4H3,(H,18,20)/t13-/m0/s1. The number of methoxy groups -OCH3 is 1. The van der Waals surface area contributed by atoms with Crippen LogP contribution in [0.15, 0.2) is 18.2 Å². The minimum Gasteiger partial charge on any atom is -0.507 e. The molecule has 1 amide bonds. The third kappa shape index (κ3) is 5.91. The average Bonchev–Trinajstić information content (AvgIpc) is 2.53. The summed E-state index contributed by atoms with van der Waals surface area (Å²) in [6, 6.07) is 3.69. The van der Waals surface area contributed by atoms with E-state index < -0.39 is 30.5 Å². The van der Waals surface area contributed by atoms with Crippen molar-refractivity contribution in [3.8, 4) is 5.75 Å². The van der Waals surface area contributed by atoms with E-state index in [1.807, 2.05) is 13.8 Å². The molecule has 1 atom stereocenters. The van der Waals surface area contributed by atoms with Gasteiger partial charge in [0.15, 0.2) is 6.61 Å². The molecule has 7 heteroatoms. The fourth-order valence-corrected chi connectivity index (χ4v) is 2.09. The topological polar surface area (TPSA) is 102 Å². The summed E-state index contributed by atoms with van der Waals surface area (Å²) in [7, 11) is 1.24. The number of ether oxygens (including phenoxy) is 2. The predicted molar refractivity (Wildman–Crippen MR) is 86.5 cm³/mol. The number of nitrogens with one attached hydrogen (secondary N) is 1. The molecule has 0 fully saturated rings. The first-order valence-corrected chi connectivity index (χ1v) is 7.58. The lowest BCUT2D eigenvalue weighted by molar-refractivity contribution is -0.145. The molecule has 1 rings (SSSR count). The molecule has 132 valence electrons. The minimum atomic E-state index is -0.815. The predicted octanol–water partition coefficient (Wildman–Crippen LogP) is 1.56. The number of phenols is 1. The number of esters is 2. The Hall–Kier alpha value is -2.57. The Morgan fingerprint density at radius 3 is 2.50 bits per heavy atom. The van der Waals surface area contributed by atoms with E-state index >= 15 is 0 Å². The molecule has 1 aromatic rings. The van der Waals surface area contributed by atoms with Crippen molar-refractivity contribution in [1.82, 2.24) is 5.32 Å². The first kappa shape index (κ1) is 19.5. The number of aromatic hydroxyl groups is 1. The van der Waals surface area contributed by atoms with E-state index in [0.29, 0.717) is 6.42 Å². The number of carbonyl (C=O) groups is 3. The van der Waals surface area contributed by atoms with Crippen molar-refractivity contribution in [3.05, 3.63) is 29.3 Å². The zero-order chi connectivity index (χ0) is 18.3. The molecule has 0 bridgehead atoms. The maximum Gasteiger partial charge on any atom is 0.342 e. The Morgan fingerprint density at radius 2 is 1.92 bits per heavy atom. The lowest BCUT2D eigenvalue weighted by Crippen LogP contribution is -2.44. The molecule has 0 heterocycles. The molecule has 0 unspecified atom stereocenters. The smallest absolute Gasteiger partial charge is 0.342 e. The molecule has 0 aromatic heterocycles. The summed E-state index contributed by atoms with van der Waals surface area (Å²) in [5.41, 5.74) is 0.751. The van der Waals surface area contributed by atoms with Gasteiger partial charge >= 0.3 is 11.9 Å². The van der Waals surface area contributed by atoms with Gasteiger partial charge in [0, 0.05) is 0 Å². The maximum absolute atomic E-state index is 11.9. The van der Waals surface area contributed by atoms with Gasteiger partial charge in [0.1, 0.15) is 17.4 Å². The largest absolute Gasteiger partial charge is 0.507 e. The van der Waals surface area contributed by atoms with Crippen LogP contribution in [0, 0.1) is 12.8 Å². The van der Waals surface area contributed by atoms with Crippen LogP contribution in [-0.4, -0.2) is 42.7 Å². The molecule has 0 radical (unpaired) electrons. The van der Waals surface area contributed by atoms with Crippen molar-refractivity contribution in [2.45, 2.75) is 33.2 Å². The Bertz CT molecular complexity index is 611. The number of hydrogen-bond acceptors (Lipinski definition) is 6. The highest BCUT2D eigenvalue weighted by atomic mass is 16.5. The van der Waals surface area contributed by atoms with E-state index in [9.17, 15) is 19.5 Å². The highest BCUT2D eigenvalue weighted by Crippen LogP contribution is 2.19. The Morgan fingerprint density at radius 1 is 1.25 bits per heavy atom. The second-order valence-corrected chi connectivity index (χ2v) is 5.87. The van der Waals surface area contributed by atoms with E-state index in [0.717, 1.165) is 5.56 Å². The second-order valence-electron chi connectivity index (χ2n) is 5.87. The van der Waals surface area contributed by atoms with E-state index in [-0.39, 0.29) is 17.2 Å². The van der Waals surface area contributed by atoms with Crippen molar-refractivity contribution in [3.63, 3.8) is 0 Å². The second kappa shape index (κ2) is 8.90. The van der Waals surface area contributed by atoms with Crippen molar-refractivity contribution in [1.29, 1.82) is 0 Å². The van der Waals surface area contributed by atoms with Crippen molar-refractivity contribution < 1.29 is 29.0 Å². The zero-order valence-electron chi connectivity index (χ0n) is 14.3. The Labute approximate surface area is 141 Å². The lowest BCUT2D eigenvalue weighted by atomic mass is 10.0. The number of rotatable bonds is 7. The molecule has 0 saturated carbocycles. The summed E-state index contributed by atoms with van der Waals surface area (Å²) >= 11 is 0. The van der Waals surface area contributed by atoms with Crippen LogP contribution in [0.5, 0.6) is 5.75 Å². The monoisotopic (exact) mass is 337 g/mol. The van der Waals surface area contributed by atoms with Gasteiger partial charge < -0.3 is 19.9 Å². The van der Waals surface area contributed by atoms with Gasteiger partial charge in [-0.05, 0) is 31.4 Å². The summed E-state index contributed by atoms with van der Waals surface area (Å²) in [6.45, 7) is 5.01. The fraction of sp³-hybridized carbons (Fsp3) is 0.471. The van der Waals surface area contributed by atoms with Crippen LogP contribution in [-0.2, 0) is 19.1 Å². The van der Waals surface area contributed by atoms with Crippen molar-refractivity contribution in [2.24, 2.45) is 5.92 Å². The molecule has 0 aliphatic heterocycles. The summed E-state index contributed by atoms with van der Waals surface area (Å²) in [6.07, 6.45) is 0.408. The van der Waals surface area contributed by atoms with Crippen LogP contribution in [0.3, 0.4) is 0 Å². The van der Waals surface area contributed by atoms with Gasteiger partial charge in [-0.3, -0.25) is 4.79 Å². The summed E-state index contributed by atoms with van der Waals surface area (Å²) < 4.78 is 9.53. The molecule has 7 nitrogen and oxygen atoms in total. The van der Waals surface area contributed by atoms with Crippen LogP contribution < -0.4 is 5.32 Å². The average molecular weight is 337 g/mol. The number of amides is 1. The number of aryl methyl sites for hydroxylation is 1. The number of carbonyl (C=O) groups excluding carboxylic acids is 3. The van der Waals surface area contributed by atoms with Gasteiger partial charge in [0.05, 0.1) is 7.11 Å². The van der Waals surface area contributed by atoms with Gasteiger partial charge in [-0.1, -0.05) is 25.5 Å². The molecule has 2 N–H and O–H groups in total. The summed E-state index contributed by atoms with van der Waals surface area (Å²) in [4.78, 5) is 35.5. The molecule has 0 aliphatic carbocycles. The zero-order valence-corrected chi connectivity index (χ0v) is 14.3. The fourth-order valence-electron chi connectivity index (χ4n) is 2.09. The molecule has 1 aromatic carbocycles. The van der Waals surface area contributed by atoms with E-state index in [2.05, 4.69) is 10.1 Å². The minimum absolute atomic E-state index is 0.0190. The highest BCUT2D eigenvalue weighted by Gasteiger charge is 2.23. The van der Waals surface area contributed by atoms with Gasteiger partial charge in [0.25, 0.3) is 5.91 Å². The molecule has 0 aliphatic rings. The number of hydrogen-bond donors (Lipinski definition) is 2. The number of benzene rings is 1. The Balaban J connectivity index is 2.62. The third-order valence-corrected chi connectivity index (χ3v) is 3.23. The maximum atomic E-state index is 11.9. The van der Waals surface area contributed by atoms with Crippen LogP contribution in [0.1, 0.15) is 36.2 Å². The third-order valence-electron chi connectivity index (χ3n) is 3.23.